The minimum absolute atomic E-state index is 0.00298. The summed E-state index contributed by atoms with van der Waals surface area (Å²) in [6.45, 7) is 2.79. The molecule has 0 aromatic heterocycles. The maximum absolute atomic E-state index is 12.7. The van der Waals surface area contributed by atoms with Gasteiger partial charge in [0.2, 0.25) is 10.0 Å². The summed E-state index contributed by atoms with van der Waals surface area (Å²) in [5.41, 5.74) is 1.92. The number of hydrogen-bond acceptors (Lipinski definition) is 7. The van der Waals surface area contributed by atoms with Crippen molar-refractivity contribution in [2.45, 2.75) is 10.9 Å². The summed E-state index contributed by atoms with van der Waals surface area (Å²) >= 11 is 0. The molecule has 0 bridgehead atoms. The summed E-state index contributed by atoms with van der Waals surface area (Å²) in [4.78, 5) is 14.4. The zero-order valence-corrected chi connectivity index (χ0v) is 17.8. The van der Waals surface area contributed by atoms with Crippen LogP contribution in [0, 0.1) is 10.1 Å². The highest BCUT2D eigenvalue weighted by Crippen LogP contribution is 2.25. The summed E-state index contributed by atoms with van der Waals surface area (Å²) in [7, 11) is 0.125. The van der Waals surface area contributed by atoms with Gasteiger partial charge in [-0.2, -0.15) is 0 Å². The van der Waals surface area contributed by atoms with Crippen molar-refractivity contribution in [3.63, 3.8) is 0 Å². The molecule has 0 saturated carbocycles. The lowest BCUT2D eigenvalue weighted by molar-refractivity contribution is -0.384. The van der Waals surface area contributed by atoms with Crippen LogP contribution in [0.4, 0.5) is 11.4 Å². The first kappa shape index (κ1) is 22.2. The quantitative estimate of drug-likeness (QED) is 0.500. The Kier molecular flexibility index (Phi) is 7.03. The number of nitro groups is 1. The van der Waals surface area contributed by atoms with Crippen molar-refractivity contribution in [3.05, 3.63) is 64.2 Å². The fraction of sp³-hybridized carbons (Fsp3) is 0.400. The molecule has 0 unspecified atom stereocenters. The molecule has 9 nitrogen and oxygen atoms in total. The molecule has 1 heterocycles. The van der Waals surface area contributed by atoms with Crippen LogP contribution in [-0.2, 0) is 14.8 Å². The van der Waals surface area contributed by atoms with Gasteiger partial charge < -0.3 is 9.64 Å². The second kappa shape index (κ2) is 9.52. The van der Waals surface area contributed by atoms with E-state index in [2.05, 4.69) is 9.62 Å². The molecular weight excluding hydrogens is 408 g/mol. The van der Waals surface area contributed by atoms with Crippen LogP contribution in [0.1, 0.15) is 11.6 Å². The van der Waals surface area contributed by atoms with E-state index in [9.17, 15) is 18.5 Å². The molecule has 1 atom stereocenters. The second-order valence-corrected chi connectivity index (χ2v) is 9.02. The minimum Gasteiger partial charge on any atom is -0.379 e. The van der Waals surface area contributed by atoms with Gasteiger partial charge in [0.15, 0.2) is 0 Å². The first-order valence-electron chi connectivity index (χ1n) is 9.61. The van der Waals surface area contributed by atoms with Gasteiger partial charge in [-0.25, -0.2) is 13.1 Å². The highest BCUT2D eigenvalue weighted by atomic mass is 32.2. The van der Waals surface area contributed by atoms with E-state index in [1.54, 1.807) is 0 Å². The summed E-state index contributed by atoms with van der Waals surface area (Å²) < 4.78 is 33.6. The molecule has 0 radical (unpaired) electrons. The van der Waals surface area contributed by atoms with E-state index in [4.69, 9.17) is 4.74 Å². The van der Waals surface area contributed by atoms with Gasteiger partial charge in [0.05, 0.1) is 23.0 Å². The molecule has 1 aliphatic heterocycles. The zero-order chi connectivity index (χ0) is 21.7. The number of benzene rings is 2. The maximum Gasteiger partial charge on any atom is 0.269 e. The first-order valence-corrected chi connectivity index (χ1v) is 11.1. The van der Waals surface area contributed by atoms with Crippen LogP contribution in [0.2, 0.25) is 0 Å². The molecule has 2 aromatic rings. The molecule has 1 N–H and O–H groups in total. The lowest BCUT2D eigenvalue weighted by Crippen LogP contribution is -2.43. The Labute approximate surface area is 176 Å². The van der Waals surface area contributed by atoms with Crippen LogP contribution < -0.4 is 9.62 Å². The Morgan fingerprint density at radius 3 is 2.23 bits per heavy atom. The molecule has 0 aliphatic carbocycles. The number of nitrogens with one attached hydrogen (secondary N) is 1. The van der Waals surface area contributed by atoms with E-state index in [1.807, 2.05) is 43.3 Å². The number of ether oxygens (including phenoxy) is 1. The molecule has 10 heteroatoms. The van der Waals surface area contributed by atoms with E-state index in [1.165, 1.54) is 24.3 Å². The lowest BCUT2D eigenvalue weighted by atomic mass is 10.0. The van der Waals surface area contributed by atoms with Gasteiger partial charge in [0.1, 0.15) is 0 Å². The van der Waals surface area contributed by atoms with Crippen molar-refractivity contribution >= 4 is 21.4 Å². The van der Waals surface area contributed by atoms with Crippen molar-refractivity contribution in [2.24, 2.45) is 0 Å². The number of morpholine rings is 1. The Balaban J connectivity index is 1.79. The SMILES string of the molecule is CN(C)c1ccc([C@@H](CNS(=O)(=O)c2ccc([N+](=O)[O-])cc2)N2CCOCC2)cc1. The number of rotatable bonds is 8. The molecular formula is C20H26N4O5S. The molecule has 2 aromatic carbocycles. The topological polar surface area (TPSA) is 105 Å². The Morgan fingerprint density at radius 2 is 1.70 bits per heavy atom. The van der Waals surface area contributed by atoms with E-state index >= 15 is 0 Å². The second-order valence-electron chi connectivity index (χ2n) is 7.25. The molecule has 1 aliphatic rings. The first-order chi connectivity index (χ1) is 14.3. The van der Waals surface area contributed by atoms with Crippen molar-refractivity contribution in [1.29, 1.82) is 0 Å². The molecule has 3 rings (SSSR count). The number of sulfonamides is 1. The van der Waals surface area contributed by atoms with E-state index < -0.39 is 14.9 Å². The zero-order valence-electron chi connectivity index (χ0n) is 17.0. The van der Waals surface area contributed by atoms with E-state index in [0.717, 1.165) is 11.3 Å². The van der Waals surface area contributed by atoms with Gasteiger partial charge in [-0.3, -0.25) is 15.0 Å². The summed E-state index contributed by atoms with van der Waals surface area (Å²) in [5, 5.41) is 10.8. The highest BCUT2D eigenvalue weighted by molar-refractivity contribution is 7.89. The van der Waals surface area contributed by atoms with E-state index in [0.29, 0.717) is 26.3 Å². The van der Waals surface area contributed by atoms with Gasteiger partial charge in [-0.15, -0.1) is 0 Å². The maximum atomic E-state index is 12.7. The van der Waals surface area contributed by atoms with Gasteiger partial charge in [0, 0.05) is 57.6 Å². The average molecular weight is 435 g/mol. The van der Waals surface area contributed by atoms with E-state index in [-0.39, 0.29) is 23.2 Å². The predicted molar refractivity (Wildman–Crippen MR) is 114 cm³/mol. The highest BCUT2D eigenvalue weighted by Gasteiger charge is 2.25. The summed E-state index contributed by atoms with van der Waals surface area (Å²) in [5.74, 6) is 0. The molecule has 0 spiro atoms. The average Bonchev–Trinajstić information content (AvgIpc) is 2.75. The Morgan fingerprint density at radius 1 is 1.10 bits per heavy atom. The normalized spacial score (nSPS) is 16.2. The number of nitro benzene ring substituents is 1. The fourth-order valence-electron chi connectivity index (χ4n) is 3.36. The Bertz CT molecular complexity index is 956. The van der Waals surface area contributed by atoms with Gasteiger partial charge in [-0.1, -0.05) is 12.1 Å². The van der Waals surface area contributed by atoms with Crippen LogP contribution in [0.3, 0.4) is 0 Å². The predicted octanol–water partition coefficient (Wildman–Crippen LogP) is 2.01. The molecule has 1 fully saturated rings. The van der Waals surface area contributed by atoms with Crippen molar-refractivity contribution < 1.29 is 18.1 Å². The fourth-order valence-corrected chi connectivity index (χ4v) is 4.40. The molecule has 1 saturated heterocycles. The molecule has 30 heavy (non-hydrogen) atoms. The monoisotopic (exact) mass is 434 g/mol. The lowest BCUT2D eigenvalue weighted by Gasteiger charge is -2.35. The van der Waals surface area contributed by atoms with Crippen LogP contribution >= 0.6 is 0 Å². The van der Waals surface area contributed by atoms with Crippen molar-refractivity contribution in [1.82, 2.24) is 9.62 Å². The largest absolute Gasteiger partial charge is 0.379 e. The smallest absolute Gasteiger partial charge is 0.269 e. The minimum atomic E-state index is -3.80. The number of anilines is 1. The van der Waals surface area contributed by atoms with Crippen molar-refractivity contribution in [3.8, 4) is 0 Å². The van der Waals surface area contributed by atoms with Crippen LogP contribution in [0.5, 0.6) is 0 Å². The number of hydrogen-bond donors (Lipinski definition) is 1. The van der Waals surface area contributed by atoms with Gasteiger partial charge >= 0.3 is 0 Å². The molecule has 0 amide bonds. The Hall–Kier alpha value is -2.53. The van der Waals surface area contributed by atoms with Crippen molar-refractivity contribution in [2.75, 3.05) is 51.8 Å². The third-order valence-corrected chi connectivity index (χ3v) is 6.54. The van der Waals surface area contributed by atoms with Gasteiger partial charge in [-0.05, 0) is 29.8 Å². The van der Waals surface area contributed by atoms with Crippen LogP contribution in [0.25, 0.3) is 0 Å². The third-order valence-electron chi connectivity index (χ3n) is 5.11. The summed E-state index contributed by atoms with van der Waals surface area (Å²) in [6, 6.07) is 12.7. The number of non-ortho nitro benzene ring substituents is 1. The standard InChI is InChI=1S/C20H26N4O5S/c1-22(2)17-5-3-16(4-6-17)20(23-11-13-29-14-12-23)15-21-30(27,28)19-9-7-18(8-10-19)24(25)26/h3-10,20-21H,11-15H2,1-2H3/t20-/m1/s1. The molecule has 162 valence electrons. The third kappa shape index (κ3) is 5.33. The van der Waals surface area contributed by atoms with Crippen LogP contribution in [-0.4, -0.2) is 65.2 Å². The van der Waals surface area contributed by atoms with Gasteiger partial charge in [0.25, 0.3) is 5.69 Å². The number of nitrogens with zero attached hydrogens (tertiary/aromatic N) is 3. The van der Waals surface area contributed by atoms with Crippen LogP contribution in [0.15, 0.2) is 53.4 Å². The summed E-state index contributed by atoms with van der Waals surface area (Å²) in [6.07, 6.45) is 0.